The van der Waals surface area contributed by atoms with Crippen molar-refractivity contribution in [2.24, 2.45) is 5.73 Å². The third-order valence-electron chi connectivity index (χ3n) is 8.01. The first kappa shape index (κ1) is 28.0. The van der Waals surface area contributed by atoms with Gasteiger partial charge in [-0.05, 0) is 36.5 Å². The number of nitrogens with two attached hydrogens (primary N) is 1. The molecule has 1 aliphatic carbocycles. The lowest BCUT2D eigenvalue weighted by Crippen LogP contribution is -2.42. The molecule has 2 aliphatic heterocycles. The van der Waals surface area contributed by atoms with Gasteiger partial charge in [0, 0.05) is 37.5 Å². The average Bonchev–Trinajstić information content (AvgIpc) is 3.46. The van der Waals surface area contributed by atoms with Crippen LogP contribution in [0, 0.1) is 0 Å². The highest BCUT2D eigenvalue weighted by Gasteiger charge is 2.47. The summed E-state index contributed by atoms with van der Waals surface area (Å²) < 4.78 is 18.9. The monoisotopic (exact) mass is 546 g/mol. The summed E-state index contributed by atoms with van der Waals surface area (Å²) in [5.41, 5.74) is 6.58. The zero-order valence-corrected chi connectivity index (χ0v) is 21.7. The van der Waals surface area contributed by atoms with Crippen LogP contribution in [0.4, 0.5) is 5.69 Å². The number of aliphatic hydroxyl groups excluding tert-OH is 3. The molecule has 0 bridgehead atoms. The van der Waals surface area contributed by atoms with Crippen molar-refractivity contribution < 1.29 is 29.5 Å². The Morgan fingerprint density at radius 1 is 1.05 bits per heavy atom. The van der Waals surface area contributed by atoms with Crippen molar-refractivity contribution in [2.75, 3.05) is 18.4 Å². The molecule has 12 nitrogen and oxygen atoms in total. The third kappa shape index (κ3) is 6.27. The first-order chi connectivity index (χ1) is 18.8. The molecule has 2 saturated heterocycles. The van der Waals surface area contributed by atoms with E-state index in [0.717, 1.165) is 10.3 Å². The minimum Gasteiger partial charge on any atom is -0.388 e. The Kier molecular flexibility index (Phi) is 8.82. The Hall–Kier alpha value is -2.58. The van der Waals surface area contributed by atoms with Gasteiger partial charge in [-0.15, -0.1) is 0 Å². The van der Waals surface area contributed by atoms with Crippen LogP contribution in [-0.4, -0.2) is 80.9 Å². The first-order valence-electron chi connectivity index (χ1n) is 13.7. The largest absolute Gasteiger partial charge is 0.388 e. The third-order valence-corrected chi connectivity index (χ3v) is 8.01. The second-order valence-corrected chi connectivity index (χ2v) is 10.7. The first-order valence-corrected chi connectivity index (χ1v) is 13.7. The summed E-state index contributed by atoms with van der Waals surface area (Å²) in [5, 5.41) is 34.8. The Labute approximate surface area is 225 Å². The molecule has 1 aromatic carbocycles. The Morgan fingerprint density at radius 3 is 2.46 bits per heavy atom. The number of aliphatic hydroxyl groups is 3. The fourth-order valence-electron chi connectivity index (χ4n) is 5.79. The normalized spacial score (nSPS) is 32.4. The van der Waals surface area contributed by atoms with Crippen molar-refractivity contribution in [3.05, 3.63) is 62.9 Å². The quantitative estimate of drug-likeness (QED) is 0.253. The van der Waals surface area contributed by atoms with Gasteiger partial charge < -0.3 is 40.6 Å². The standard InChI is InChI=1S/C27H38N4O8/c28-13-20-23(34)24(35)26(38-20)39-21(14-29-17-8-6-16(7-9-17)15-4-2-1-3-5-15)19-12-18(32)25(37-19)31-11-10-22(33)30-27(31)36/h6-11,15,18-21,23-26,29,32,34-35H,1-5,12-14,28H2,(H,30,33,36)/t18-,19+,20-,21+,23-,24-,25-,26+/m1/s1. The maximum atomic E-state index is 12.3. The van der Waals surface area contributed by atoms with Crippen LogP contribution in [0.5, 0.6) is 0 Å². The molecule has 5 rings (SSSR count). The predicted molar refractivity (Wildman–Crippen MR) is 141 cm³/mol. The van der Waals surface area contributed by atoms with Crippen molar-refractivity contribution >= 4 is 5.69 Å². The number of aromatic nitrogens is 2. The van der Waals surface area contributed by atoms with Crippen molar-refractivity contribution in [1.29, 1.82) is 0 Å². The van der Waals surface area contributed by atoms with E-state index in [1.807, 2.05) is 12.1 Å². The van der Waals surface area contributed by atoms with Crippen molar-refractivity contribution in [3.8, 4) is 0 Å². The smallest absolute Gasteiger partial charge is 0.330 e. The SMILES string of the molecule is NC[C@H]1O[C@@H](O[C@@H](CNc2ccc(C3CCCCC3)cc2)[C@@H]2C[C@@H](O)[C@H](n3ccc(=O)[nH]c3=O)O2)[C@H](O)[C@@H]1O. The molecule has 1 aromatic heterocycles. The van der Waals surface area contributed by atoms with Crippen LogP contribution in [0.25, 0.3) is 0 Å². The van der Waals surface area contributed by atoms with Gasteiger partial charge in [0.2, 0.25) is 0 Å². The van der Waals surface area contributed by atoms with E-state index in [2.05, 4.69) is 22.4 Å². The predicted octanol–water partition coefficient (Wildman–Crippen LogP) is 0.135. The highest BCUT2D eigenvalue weighted by atomic mass is 16.7. The fraction of sp³-hybridized carbons (Fsp3) is 0.630. The van der Waals surface area contributed by atoms with E-state index in [1.54, 1.807) is 0 Å². The number of ether oxygens (including phenoxy) is 3. The molecule has 39 heavy (non-hydrogen) atoms. The summed E-state index contributed by atoms with van der Waals surface area (Å²) in [7, 11) is 0. The van der Waals surface area contributed by atoms with Crippen LogP contribution in [0.1, 0.15) is 56.2 Å². The van der Waals surface area contributed by atoms with Crippen LogP contribution in [-0.2, 0) is 14.2 Å². The molecule has 8 atom stereocenters. The number of nitrogens with one attached hydrogen (secondary N) is 2. The van der Waals surface area contributed by atoms with Crippen molar-refractivity contribution in [3.63, 3.8) is 0 Å². The second kappa shape index (κ2) is 12.3. The average molecular weight is 547 g/mol. The molecule has 0 unspecified atom stereocenters. The number of hydrogen-bond acceptors (Lipinski definition) is 10. The topological polar surface area (TPSA) is 181 Å². The van der Waals surface area contributed by atoms with E-state index in [1.165, 1.54) is 49.9 Å². The molecule has 7 N–H and O–H groups in total. The van der Waals surface area contributed by atoms with Gasteiger partial charge in [-0.2, -0.15) is 0 Å². The van der Waals surface area contributed by atoms with Gasteiger partial charge in [-0.1, -0.05) is 31.4 Å². The van der Waals surface area contributed by atoms with Gasteiger partial charge in [-0.3, -0.25) is 14.3 Å². The van der Waals surface area contributed by atoms with Crippen LogP contribution in [0.3, 0.4) is 0 Å². The van der Waals surface area contributed by atoms with E-state index in [9.17, 15) is 24.9 Å². The Morgan fingerprint density at radius 2 is 1.79 bits per heavy atom. The lowest BCUT2D eigenvalue weighted by atomic mass is 9.84. The lowest BCUT2D eigenvalue weighted by molar-refractivity contribution is -0.211. The van der Waals surface area contributed by atoms with Crippen LogP contribution >= 0.6 is 0 Å². The Balaban J connectivity index is 1.30. The molecule has 0 amide bonds. The summed E-state index contributed by atoms with van der Waals surface area (Å²) in [5.74, 6) is 0.591. The second-order valence-electron chi connectivity index (χ2n) is 10.7. The summed E-state index contributed by atoms with van der Waals surface area (Å²) >= 11 is 0. The molecule has 214 valence electrons. The van der Waals surface area contributed by atoms with Gasteiger partial charge in [0.1, 0.15) is 30.5 Å². The number of hydrogen-bond donors (Lipinski definition) is 6. The highest BCUT2D eigenvalue weighted by molar-refractivity contribution is 5.45. The van der Waals surface area contributed by atoms with Gasteiger partial charge in [0.15, 0.2) is 12.5 Å². The molecule has 3 aliphatic rings. The molecular weight excluding hydrogens is 508 g/mol. The number of H-pyrrole nitrogens is 1. The number of nitrogens with zero attached hydrogens (tertiary/aromatic N) is 1. The van der Waals surface area contributed by atoms with Gasteiger partial charge in [0.25, 0.3) is 5.56 Å². The minimum atomic E-state index is -1.32. The highest BCUT2D eigenvalue weighted by Crippen LogP contribution is 2.34. The van der Waals surface area contributed by atoms with E-state index in [-0.39, 0.29) is 19.5 Å². The zero-order chi connectivity index (χ0) is 27.5. The summed E-state index contributed by atoms with van der Waals surface area (Å²) in [6, 6.07) is 9.48. The molecule has 0 spiro atoms. The molecule has 12 heteroatoms. The van der Waals surface area contributed by atoms with Gasteiger partial charge in [-0.25, -0.2) is 4.79 Å². The van der Waals surface area contributed by atoms with Crippen molar-refractivity contribution in [1.82, 2.24) is 9.55 Å². The van der Waals surface area contributed by atoms with Crippen LogP contribution in [0.2, 0.25) is 0 Å². The molecule has 2 aromatic rings. The number of rotatable bonds is 9. The minimum absolute atomic E-state index is 0.00416. The van der Waals surface area contributed by atoms with Gasteiger partial charge in [0.05, 0.1) is 6.10 Å². The lowest BCUT2D eigenvalue weighted by Gasteiger charge is -2.29. The number of benzene rings is 1. The summed E-state index contributed by atoms with van der Waals surface area (Å²) in [6.07, 6.45) is -0.389. The van der Waals surface area contributed by atoms with Gasteiger partial charge >= 0.3 is 5.69 Å². The summed E-state index contributed by atoms with van der Waals surface area (Å²) in [4.78, 5) is 25.9. The fourth-order valence-corrected chi connectivity index (χ4v) is 5.79. The molecule has 1 saturated carbocycles. The molecule has 3 heterocycles. The van der Waals surface area contributed by atoms with Crippen LogP contribution in [0.15, 0.2) is 46.1 Å². The van der Waals surface area contributed by atoms with E-state index in [4.69, 9.17) is 19.9 Å². The van der Waals surface area contributed by atoms with Crippen LogP contribution < -0.4 is 22.3 Å². The molecular formula is C27H38N4O8. The maximum Gasteiger partial charge on any atom is 0.330 e. The summed E-state index contributed by atoms with van der Waals surface area (Å²) in [6.45, 7) is 0.230. The van der Waals surface area contributed by atoms with E-state index in [0.29, 0.717) is 5.92 Å². The molecule has 0 radical (unpaired) electrons. The Bertz CT molecular complexity index is 1200. The maximum absolute atomic E-state index is 12.3. The number of anilines is 1. The molecule has 3 fully saturated rings. The number of aromatic amines is 1. The van der Waals surface area contributed by atoms with E-state index < -0.39 is 60.4 Å². The zero-order valence-electron chi connectivity index (χ0n) is 21.7. The van der Waals surface area contributed by atoms with Crippen molar-refractivity contribution in [2.45, 2.75) is 93.6 Å². The van der Waals surface area contributed by atoms with E-state index >= 15 is 0 Å².